The molecule has 4 rings (SSSR count). The molecule has 34 heavy (non-hydrogen) atoms. The molecular weight excluding hydrogens is 414 g/mol. The molecule has 0 heterocycles. The van der Waals surface area contributed by atoms with E-state index in [0.717, 1.165) is 31.7 Å². The van der Waals surface area contributed by atoms with Crippen LogP contribution in [0.4, 0.5) is 0 Å². The SMILES string of the molecule is COc1ccc(-c2ccc(C)c(CN(C)CCCC(c3ccccc3)c3ccccc3)c2)cc1. The summed E-state index contributed by atoms with van der Waals surface area (Å²) < 4.78 is 5.30. The van der Waals surface area contributed by atoms with Crippen molar-refractivity contribution >= 4 is 0 Å². The molecule has 0 aliphatic rings. The molecular formula is C32H35NO. The zero-order chi connectivity index (χ0) is 23.8. The van der Waals surface area contributed by atoms with Gasteiger partial charge in [-0.15, -0.1) is 0 Å². The second-order valence-corrected chi connectivity index (χ2v) is 9.12. The number of nitrogens with zero attached hydrogens (tertiary/aromatic N) is 1. The molecule has 4 aromatic carbocycles. The van der Waals surface area contributed by atoms with Gasteiger partial charge in [0.1, 0.15) is 5.75 Å². The van der Waals surface area contributed by atoms with Gasteiger partial charge in [0, 0.05) is 12.5 Å². The zero-order valence-corrected chi connectivity index (χ0v) is 20.6. The Labute approximate surface area is 204 Å². The average molecular weight is 450 g/mol. The van der Waals surface area contributed by atoms with Crippen LogP contribution in [0.15, 0.2) is 103 Å². The second-order valence-electron chi connectivity index (χ2n) is 9.12. The minimum absolute atomic E-state index is 0.441. The highest BCUT2D eigenvalue weighted by molar-refractivity contribution is 5.65. The van der Waals surface area contributed by atoms with E-state index in [0.29, 0.717) is 5.92 Å². The predicted octanol–water partition coefficient (Wildman–Crippen LogP) is 7.71. The maximum absolute atomic E-state index is 5.30. The van der Waals surface area contributed by atoms with E-state index in [1.807, 2.05) is 12.1 Å². The largest absolute Gasteiger partial charge is 0.497 e. The van der Waals surface area contributed by atoms with Crippen molar-refractivity contribution in [2.24, 2.45) is 0 Å². The monoisotopic (exact) mass is 449 g/mol. The van der Waals surface area contributed by atoms with Crippen LogP contribution in [0.25, 0.3) is 11.1 Å². The predicted molar refractivity (Wildman–Crippen MR) is 143 cm³/mol. The lowest BCUT2D eigenvalue weighted by molar-refractivity contribution is 0.315. The Hall–Kier alpha value is -3.36. The molecule has 0 aliphatic carbocycles. The van der Waals surface area contributed by atoms with Crippen molar-refractivity contribution in [3.63, 3.8) is 0 Å². The summed E-state index contributed by atoms with van der Waals surface area (Å²) in [5.41, 5.74) is 8.01. The van der Waals surface area contributed by atoms with Crippen LogP contribution in [0.2, 0.25) is 0 Å². The third-order valence-corrected chi connectivity index (χ3v) is 6.65. The summed E-state index contributed by atoms with van der Waals surface area (Å²) >= 11 is 0. The van der Waals surface area contributed by atoms with Crippen molar-refractivity contribution in [2.75, 3.05) is 20.7 Å². The van der Waals surface area contributed by atoms with Crippen molar-refractivity contribution in [3.8, 4) is 16.9 Å². The van der Waals surface area contributed by atoms with Crippen molar-refractivity contribution in [3.05, 3.63) is 125 Å². The Bertz CT molecular complexity index is 1110. The minimum Gasteiger partial charge on any atom is -0.497 e. The van der Waals surface area contributed by atoms with Crippen LogP contribution in [0.5, 0.6) is 5.75 Å². The van der Waals surface area contributed by atoms with Gasteiger partial charge in [0.15, 0.2) is 0 Å². The van der Waals surface area contributed by atoms with E-state index in [2.05, 4.69) is 110 Å². The molecule has 0 atom stereocenters. The molecule has 0 spiro atoms. The number of ether oxygens (including phenoxy) is 1. The molecule has 0 fully saturated rings. The van der Waals surface area contributed by atoms with Crippen molar-refractivity contribution in [2.45, 2.75) is 32.2 Å². The smallest absolute Gasteiger partial charge is 0.118 e. The lowest BCUT2D eigenvalue weighted by Crippen LogP contribution is -2.20. The highest BCUT2D eigenvalue weighted by Gasteiger charge is 2.14. The van der Waals surface area contributed by atoms with Gasteiger partial charge in [0.05, 0.1) is 7.11 Å². The third-order valence-electron chi connectivity index (χ3n) is 6.65. The number of methoxy groups -OCH3 is 1. The molecule has 2 heteroatoms. The highest BCUT2D eigenvalue weighted by Crippen LogP contribution is 2.29. The standard InChI is InChI=1S/C32H35NO/c1-25-16-17-29(26-18-20-31(34-3)21-19-26)23-30(25)24-33(2)22-10-15-32(27-11-6-4-7-12-27)28-13-8-5-9-14-28/h4-9,11-14,16-21,23,32H,10,15,22,24H2,1-3H3. The van der Waals surface area contributed by atoms with E-state index in [-0.39, 0.29) is 0 Å². The average Bonchev–Trinajstić information content (AvgIpc) is 2.89. The fourth-order valence-electron chi connectivity index (χ4n) is 4.64. The van der Waals surface area contributed by atoms with E-state index >= 15 is 0 Å². The summed E-state index contributed by atoms with van der Waals surface area (Å²) in [6.45, 7) is 4.24. The fraction of sp³-hybridized carbons (Fsp3) is 0.250. The van der Waals surface area contributed by atoms with Gasteiger partial charge in [0.2, 0.25) is 0 Å². The molecule has 174 valence electrons. The van der Waals surface area contributed by atoms with E-state index < -0.39 is 0 Å². The van der Waals surface area contributed by atoms with E-state index in [9.17, 15) is 0 Å². The van der Waals surface area contributed by atoms with Crippen molar-refractivity contribution in [1.82, 2.24) is 4.90 Å². The van der Waals surface area contributed by atoms with E-state index in [4.69, 9.17) is 4.74 Å². The van der Waals surface area contributed by atoms with Gasteiger partial charge in [-0.25, -0.2) is 0 Å². The highest BCUT2D eigenvalue weighted by atomic mass is 16.5. The first kappa shape index (κ1) is 23.8. The number of hydrogen-bond acceptors (Lipinski definition) is 2. The lowest BCUT2D eigenvalue weighted by atomic mass is 9.87. The van der Waals surface area contributed by atoms with Gasteiger partial charge < -0.3 is 9.64 Å². The van der Waals surface area contributed by atoms with Gasteiger partial charge in [-0.1, -0.05) is 84.9 Å². The van der Waals surface area contributed by atoms with Crippen molar-refractivity contribution in [1.29, 1.82) is 0 Å². The number of aryl methyl sites for hydroxylation is 1. The molecule has 0 saturated carbocycles. The molecule has 0 amide bonds. The summed E-state index contributed by atoms with van der Waals surface area (Å²) in [7, 11) is 3.94. The van der Waals surface area contributed by atoms with Crippen LogP contribution in [-0.2, 0) is 6.54 Å². The first-order valence-electron chi connectivity index (χ1n) is 12.2. The summed E-state index contributed by atoms with van der Waals surface area (Å²) in [5, 5.41) is 0. The number of hydrogen-bond donors (Lipinski definition) is 0. The fourth-order valence-corrected chi connectivity index (χ4v) is 4.64. The van der Waals surface area contributed by atoms with Gasteiger partial charge in [-0.2, -0.15) is 0 Å². The molecule has 0 bridgehead atoms. The van der Waals surface area contributed by atoms with Gasteiger partial charge in [0.25, 0.3) is 0 Å². The molecule has 0 saturated heterocycles. The molecule has 0 unspecified atom stereocenters. The molecule has 0 aliphatic heterocycles. The molecule has 0 aromatic heterocycles. The summed E-state index contributed by atoms with van der Waals surface area (Å²) in [6.07, 6.45) is 2.30. The van der Waals surface area contributed by atoms with Gasteiger partial charge in [-0.3, -0.25) is 0 Å². The van der Waals surface area contributed by atoms with Crippen LogP contribution in [0, 0.1) is 6.92 Å². The first-order chi connectivity index (χ1) is 16.6. The van der Waals surface area contributed by atoms with Crippen LogP contribution >= 0.6 is 0 Å². The number of rotatable bonds is 10. The maximum Gasteiger partial charge on any atom is 0.118 e. The Morgan fingerprint density at radius 2 is 1.32 bits per heavy atom. The summed E-state index contributed by atoms with van der Waals surface area (Å²) in [6, 6.07) is 36.9. The van der Waals surface area contributed by atoms with Gasteiger partial charge in [-0.05, 0) is 84.9 Å². The quantitative estimate of drug-likeness (QED) is 0.246. The number of benzene rings is 4. The van der Waals surface area contributed by atoms with Crippen LogP contribution in [0.3, 0.4) is 0 Å². The molecule has 2 nitrogen and oxygen atoms in total. The second kappa shape index (κ2) is 11.7. The zero-order valence-electron chi connectivity index (χ0n) is 20.6. The Morgan fingerprint density at radius 3 is 1.91 bits per heavy atom. The van der Waals surface area contributed by atoms with Crippen LogP contribution in [-0.4, -0.2) is 25.6 Å². The van der Waals surface area contributed by atoms with E-state index in [1.54, 1.807) is 7.11 Å². The Morgan fingerprint density at radius 1 is 0.735 bits per heavy atom. The normalized spacial score (nSPS) is 11.2. The first-order valence-corrected chi connectivity index (χ1v) is 12.2. The minimum atomic E-state index is 0.441. The molecule has 0 radical (unpaired) electrons. The molecule has 4 aromatic rings. The molecule has 0 N–H and O–H groups in total. The van der Waals surface area contributed by atoms with E-state index in [1.165, 1.54) is 33.4 Å². The van der Waals surface area contributed by atoms with Crippen molar-refractivity contribution < 1.29 is 4.74 Å². The Balaban J connectivity index is 1.40. The van der Waals surface area contributed by atoms with Crippen LogP contribution in [0.1, 0.15) is 41.0 Å². The third kappa shape index (κ3) is 6.15. The Kier molecular flexibility index (Phi) is 8.17. The maximum atomic E-state index is 5.30. The van der Waals surface area contributed by atoms with Gasteiger partial charge >= 0.3 is 0 Å². The topological polar surface area (TPSA) is 12.5 Å². The summed E-state index contributed by atoms with van der Waals surface area (Å²) in [4.78, 5) is 2.45. The van der Waals surface area contributed by atoms with Crippen LogP contribution < -0.4 is 4.74 Å². The lowest BCUT2D eigenvalue weighted by Gasteiger charge is -2.22. The summed E-state index contributed by atoms with van der Waals surface area (Å²) in [5.74, 6) is 1.33.